The van der Waals surface area contributed by atoms with Crippen molar-refractivity contribution >= 4 is 5.91 Å². The van der Waals surface area contributed by atoms with Gasteiger partial charge in [-0.3, -0.25) is 4.79 Å². The summed E-state index contributed by atoms with van der Waals surface area (Å²) in [4.78, 5) is 12.4. The van der Waals surface area contributed by atoms with Gasteiger partial charge in [-0.1, -0.05) is 6.92 Å². The summed E-state index contributed by atoms with van der Waals surface area (Å²) >= 11 is 0. The minimum Gasteiger partial charge on any atom is -0.352 e. The molecule has 4 atom stereocenters. The maximum absolute atomic E-state index is 12.4. The quantitative estimate of drug-likeness (QED) is 0.795. The van der Waals surface area contributed by atoms with Gasteiger partial charge in [0.25, 0.3) is 0 Å². The van der Waals surface area contributed by atoms with Gasteiger partial charge in [0.15, 0.2) is 0 Å². The van der Waals surface area contributed by atoms with Crippen molar-refractivity contribution < 1.29 is 4.79 Å². The zero-order valence-electron chi connectivity index (χ0n) is 11.2. The molecule has 2 bridgehead atoms. The highest BCUT2D eigenvalue weighted by Gasteiger charge is 2.66. The van der Waals surface area contributed by atoms with Gasteiger partial charge in [-0.25, -0.2) is 0 Å². The summed E-state index contributed by atoms with van der Waals surface area (Å²) < 4.78 is 0. The van der Waals surface area contributed by atoms with Crippen molar-refractivity contribution in [2.75, 3.05) is 6.54 Å². The van der Waals surface area contributed by atoms with Crippen molar-refractivity contribution in [1.82, 2.24) is 5.32 Å². The third-order valence-electron chi connectivity index (χ3n) is 6.38. The Balaban J connectivity index is 1.40. The molecule has 3 heteroatoms. The van der Waals surface area contributed by atoms with Crippen molar-refractivity contribution in [2.24, 2.45) is 40.7 Å². The van der Waals surface area contributed by atoms with E-state index >= 15 is 0 Å². The maximum Gasteiger partial charge on any atom is 0.227 e. The first-order valence-electron chi connectivity index (χ1n) is 7.66. The Morgan fingerprint density at radius 1 is 1.28 bits per heavy atom. The van der Waals surface area contributed by atoms with Crippen molar-refractivity contribution in [3.8, 4) is 0 Å². The Morgan fingerprint density at radius 3 is 2.39 bits per heavy atom. The van der Waals surface area contributed by atoms with Crippen LogP contribution >= 0.6 is 0 Å². The standard InChI is InChI=1S/C15H24N2O/c1-8-5-15(6-8,7-16)14(18)17-13-11-9-2-3-10(4-9)12(11)13/h8-13H,2-7,16H2,1H3,(H,17,18). The van der Waals surface area contributed by atoms with Crippen LogP contribution in [0.5, 0.6) is 0 Å². The topological polar surface area (TPSA) is 55.1 Å². The van der Waals surface area contributed by atoms with E-state index in [1.54, 1.807) is 0 Å². The fraction of sp³-hybridized carbons (Fsp3) is 0.933. The van der Waals surface area contributed by atoms with Gasteiger partial charge in [0.05, 0.1) is 5.41 Å². The van der Waals surface area contributed by atoms with Gasteiger partial charge >= 0.3 is 0 Å². The minimum atomic E-state index is -0.213. The van der Waals surface area contributed by atoms with Crippen LogP contribution in [0.4, 0.5) is 0 Å². The number of hydrogen-bond donors (Lipinski definition) is 2. The lowest BCUT2D eigenvalue weighted by Crippen LogP contribution is -2.54. The molecule has 4 rings (SSSR count). The zero-order valence-corrected chi connectivity index (χ0v) is 11.2. The summed E-state index contributed by atoms with van der Waals surface area (Å²) in [5.41, 5.74) is 5.64. The summed E-state index contributed by atoms with van der Waals surface area (Å²) in [6.07, 6.45) is 6.25. The predicted octanol–water partition coefficient (Wildman–Crippen LogP) is 1.52. The van der Waals surface area contributed by atoms with Crippen LogP contribution < -0.4 is 11.1 Å². The first kappa shape index (κ1) is 11.3. The first-order chi connectivity index (χ1) is 8.64. The molecule has 0 saturated heterocycles. The van der Waals surface area contributed by atoms with Gasteiger partial charge in [-0.2, -0.15) is 0 Å². The molecule has 4 aliphatic carbocycles. The fourth-order valence-corrected chi connectivity index (χ4v) is 5.54. The Bertz CT molecular complexity index is 372. The molecule has 4 aliphatic rings. The molecule has 0 radical (unpaired) electrons. The highest BCUT2D eigenvalue weighted by Crippen LogP contribution is 2.65. The zero-order chi connectivity index (χ0) is 12.5. The average Bonchev–Trinajstić information content (AvgIpc) is 2.73. The van der Waals surface area contributed by atoms with Crippen molar-refractivity contribution in [3.63, 3.8) is 0 Å². The van der Waals surface area contributed by atoms with E-state index in [0.717, 1.165) is 36.5 Å². The SMILES string of the molecule is CC1CC(CN)(C(=O)NC2C3C4CCC(C4)C23)C1. The Kier molecular flexibility index (Phi) is 2.19. The summed E-state index contributed by atoms with van der Waals surface area (Å²) in [7, 11) is 0. The van der Waals surface area contributed by atoms with Crippen LogP contribution in [0, 0.1) is 35.0 Å². The second kappa shape index (κ2) is 3.50. The van der Waals surface area contributed by atoms with E-state index in [1.165, 1.54) is 19.3 Å². The summed E-state index contributed by atoms with van der Waals surface area (Å²) in [5.74, 6) is 4.47. The summed E-state index contributed by atoms with van der Waals surface area (Å²) in [5, 5.41) is 3.35. The molecule has 0 aromatic heterocycles. The van der Waals surface area contributed by atoms with Crippen LogP contribution in [0.3, 0.4) is 0 Å². The van der Waals surface area contributed by atoms with Gasteiger partial charge in [-0.05, 0) is 61.7 Å². The van der Waals surface area contributed by atoms with Gasteiger partial charge in [0.2, 0.25) is 5.91 Å². The lowest BCUT2D eigenvalue weighted by molar-refractivity contribution is -0.138. The highest BCUT2D eigenvalue weighted by molar-refractivity contribution is 5.84. The summed E-state index contributed by atoms with van der Waals surface area (Å²) in [6.45, 7) is 2.74. The number of carbonyl (C=O) groups excluding carboxylic acids is 1. The van der Waals surface area contributed by atoms with Crippen LogP contribution in [0.2, 0.25) is 0 Å². The van der Waals surface area contributed by atoms with E-state index < -0.39 is 0 Å². The second-order valence-electron chi connectivity index (χ2n) is 7.49. The smallest absolute Gasteiger partial charge is 0.227 e. The molecule has 0 aromatic carbocycles. The average molecular weight is 248 g/mol. The normalized spacial score (nSPS) is 55.9. The van der Waals surface area contributed by atoms with E-state index in [0.29, 0.717) is 18.5 Å². The molecule has 4 unspecified atom stereocenters. The third kappa shape index (κ3) is 1.31. The number of rotatable bonds is 3. The molecule has 0 spiro atoms. The maximum atomic E-state index is 12.4. The molecule has 100 valence electrons. The number of nitrogens with two attached hydrogens (primary N) is 1. The van der Waals surface area contributed by atoms with E-state index in [1.807, 2.05) is 0 Å². The number of fused-ring (bicyclic) bond motifs is 5. The van der Waals surface area contributed by atoms with E-state index in [2.05, 4.69) is 12.2 Å². The van der Waals surface area contributed by atoms with Crippen LogP contribution in [-0.2, 0) is 4.79 Å². The molecule has 3 nitrogen and oxygen atoms in total. The van der Waals surface area contributed by atoms with Crippen LogP contribution in [0.25, 0.3) is 0 Å². The molecule has 3 N–H and O–H groups in total. The lowest BCUT2D eigenvalue weighted by atomic mass is 9.62. The van der Waals surface area contributed by atoms with Crippen molar-refractivity contribution in [3.05, 3.63) is 0 Å². The van der Waals surface area contributed by atoms with Gasteiger partial charge in [-0.15, -0.1) is 0 Å². The molecule has 0 heterocycles. The van der Waals surface area contributed by atoms with E-state index in [-0.39, 0.29) is 11.3 Å². The molecule has 0 aromatic rings. The van der Waals surface area contributed by atoms with Crippen LogP contribution in [0.15, 0.2) is 0 Å². The first-order valence-corrected chi connectivity index (χ1v) is 7.66. The van der Waals surface area contributed by atoms with Crippen molar-refractivity contribution in [1.29, 1.82) is 0 Å². The Hall–Kier alpha value is -0.570. The fourth-order valence-electron chi connectivity index (χ4n) is 5.54. The van der Waals surface area contributed by atoms with Crippen LogP contribution in [0.1, 0.15) is 39.0 Å². The molecule has 4 saturated carbocycles. The Morgan fingerprint density at radius 2 is 1.89 bits per heavy atom. The highest BCUT2D eigenvalue weighted by atomic mass is 16.2. The summed E-state index contributed by atoms with van der Waals surface area (Å²) in [6, 6.07) is 0.517. The van der Waals surface area contributed by atoms with Gasteiger partial charge in [0.1, 0.15) is 0 Å². The second-order valence-corrected chi connectivity index (χ2v) is 7.49. The molecule has 0 aliphatic heterocycles. The van der Waals surface area contributed by atoms with Gasteiger partial charge < -0.3 is 11.1 Å². The lowest BCUT2D eigenvalue weighted by Gasteiger charge is -2.44. The number of nitrogens with one attached hydrogen (secondary N) is 1. The number of carbonyl (C=O) groups is 1. The molecule has 18 heavy (non-hydrogen) atoms. The molecular formula is C15H24N2O. The van der Waals surface area contributed by atoms with E-state index in [4.69, 9.17) is 5.73 Å². The van der Waals surface area contributed by atoms with E-state index in [9.17, 15) is 4.79 Å². The minimum absolute atomic E-state index is 0.213. The number of hydrogen-bond acceptors (Lipinski definition) is 2. The largest absolute Gasteiger partial charge is 0.352 e. The molecule has 1 amide bonds. The Labute approximate surface area is 109 Å². The van der Waals surface area contributed by atoms with Crippen LogP contribution in [-0.4, -0.2) is 18.5 Å². The molecule has 4 fully saturated rings. The van der Waals surface area contributed by atoms with Gasteiger partial charge in [0, 0.05) is 12.6 Å². The number of amides is 1. The predicted molar refractivity (Wildman–Crippen MR) is 69.6 cm³/mol. The third-order valence-corrected chi connectivity index (χ3v) is 6.38. The molecular weight excluding hydrogens is 224 g/mol. The monoisotopic (exact) mass is 248 g/mol. The van der Waals surface area contributed by atoms with Crippen molar-refractivity contribution in [2.45, 2.75) is 45.1 Å².